The lowest BCUT2D eigenvalue weighted by atomic mass is 10.1. The Kier molecular flexibility index (Phi) is 7.79. The van der Waals surface area contributed by atoms with Gasteiger partial charge in [-0.05, 0) is 31.9 Å². The lowest BCUT2D eigenvalue weighted by Gasteiger charge is -2.24. The van der Waals surface area contributed by atoms with Crippen molar-refractivity contribution in [2.24, 2.45) is 0 Å². The van der Waals surface area contributed by atoms with E-state index in [1.807, 2.05) is 6.92 Å². The summed E-state index contributed by atoms with van der Waals surface area (Å²) in [7, 11) is -2.47. The number of sulfonamides is 1. The minimum absolute atomic E-state index is 0.111. The third-order valence-corrected chi connectivity index (χ3v) is 6.46. The first-order chi connectivity index (χ1) is 12.8. The maximum Gasteiger partial charge on any atom is 0.321 e. The molecular weight excluding hydrogens is 368 g/mol. The van der Waals surface area contributed by atoms with E-state index in [0.29, 0.717) is 13.1 Å². The Morgan fingerprint density at radius 3 is 2.19 bits per heavy atom. The molecule has 1 aromatic rings. The molecule has 0 saturated carbocycles. The molecule has 0 radical (unpaired) electrons. The largest absolute Gasteiger partial charge is 0.455 e. The van der Waals surface area contributed by atoms with Crippen LogP contribution in [0, 0.1) is 6.92 Å². The topological polar surface area (TPSA) is 84.0 Å². The van der Waals surface area contributed by atoms with Crippen LogP contribution < -0.4 is 0 Å². The zero-order valence-corrected chi connectivity index (χ0v) is 16.8. The van der Waals surface area contributed by atoms with E-state index in [1.54, 1.807) is 17.0 Å². The summed E-state index contributed by atoms with van der Waals surface area (Å²) in [5, 5.41) is 0. The van der Waals surface area contributed by atoms with Crippen LogP contribution in [-0.2, 0) is 24.3 Å². The summed E-state index contributed by atoms with van der Waals surface area (Å²) in [4.78, 5) is 26.0. The highest BCUT2D eigenvalue weighted by molar-refractivity contribution is 7.89. The number of aryl methyl sites for hydroxylation is 1. The van der Waals surface area contributed by atoms with Gasteiger partial charge >= 0.3 is 5.97 Å². The van der Waals surface area contributed by atoms with Crippen LogP contribution in [0.5, 0.6) is 0 Å². The monoisotopic (exact) mass is 396 g/mol. The van der Waals surface area contributed by atoms with Crippen LogP contribution in [0.15, 0.2) is 29.2 Å². The van der Waals surface area contributed by atoms with E-state index in [2.05, 4.69) is 0 Å². The summed E-state index contributed by atoms with van der Waals surface area (Å²) in [6.45, 7) is 2.43. The number of hydrogen-bond acceptors (Lipinski definition) is 5. The molecule has 0 bridgehead atoms. The van der Waals surface area contributed by atoms with Gasteiger partial charge in [0.05, 0.1) is 4.90 Å². The number of esters is 1. The number of carbonyl (C=O) groups is 2. The Hall–Kier alpha value is -1.93. The Balaban J connectivity index is 1.85. The van der Waals surface area contributed by atoms with Crippen LogP contribution in [0.2, 0.25) is 0 Å². The van der Waals surface area contributed by atoms with Crippen molar-refractivity contribution in [2.45, 2.75) is 43.9 Å². The van der Waals surface area contributed by atoms with Gasteiger partial charge in [0.1, 0.15) is 6.54 Å². The Morgan fingerprint density at radius 1 is 1.04 bits per heavy atom. The van der Waals surface area contributed by atoms with E-state index >= 15 is 0 Å². The van der Waals surface area contributed by atoms with Crippen LogP contribution in [-0.4, -0.2) is 62.8 Å². The van der Waals surface area contributed by atoms with Gasteiger partial charge in [0.25, 0.3) is 5.91 Å². The predicted molar refractivity (Wildman–Crippen MR) is 102 cm³/mol. The van der Waals surface area contributed by atoms with E-state index in [0.717, 1.165) is 35.6 Å². The molecule has 1 aromatic carbocycles. The molecule has 0 atom stereocenters. The molecule has 1 amide bonds. The minimum atomic E-state index is -3.78. The lowest BCUT2D eigenvalue weighted by Crippen LogP contribution is -2.38. The van der Waals surface area contributed by atoms with Crippen molar-refractivity contribution in [3.8, 4) is 0 Å². The summed E-state index contributed by atoms with van der Waals surface area (Å²) in [5.74, 6) is -0.970. The quantitative estimate of drug-likeness (QED) is 0.686. The molecular formula is C19H28N2O5S. The first-order valence-corrected chi connectivity index (χ1v) is 10.7. The van der Waals surface area contributed by atoms with E-state index in [1.165, 1.54) is 25.6 Å². The van der Waals surface area contributed by atoms with Crippen LogP contribution >= 0.6 is 0 Å². The first kappa shape index (κ1) is 21.4. The van der Waals surface area contributed by atoms with E-state index in [-0.39, 0.29) is 17.4 Å². The molecule has 27 heavy (non-hydrogen) atoms. The van der Waals surface area contributed by atoms with Gasteiger partial charge in [-0.3, -0.25) is 9.59 Å². The third-order valence-electron chi connectivity index (χ3n) is 4.65. The number of likely N-dealkylation sites (tertiary alicyclic amines) is 1. The number of carbonyl (C=O) groups excluding carboxylic acids is 2. The fourth-order valence-corrected chi connectivity index (χ4v) is 4.05. The number of hydrogen-bond donors (Lipinski definition) is 0. The van der Waals surface area contributed by atoms with Crippen LogP contribution in [0.25, 0.3) is 0 Å². The third kappa shape index (κ3) is 6.32. The summed E-state index contributed by atoms with van der Waals surface area (Å²) >= 11 is 0. The molecule has 1 aliphatic heterocycles. The van der Waals surface area contributed by atoms with Gasteiger partial charge in [-0.1, -0.05) is 37.0 Å². The van der Waals surface area contributed by atoms with Crippen molar-refractivity contribution in [1.29, 1.82) is 0 Å². The van der Waals surface area contributed by atoms with Gasteiger partial charge in [0.2, 0.25) is 10.0 Å². The smallest absolute Gasteiger partial charge is 0.321 e. The summed E-state index contributed by atoms with van der Waals surface area (Å²) in [6.07, 6.45) is 5.31. The van der Waals surface area contributed by atoms with Crippen molar-refractivity contribution < 1.29 is 22.7 Å². The zero-order valence-electron chi connectivity index (χ0n) is 16.0. The van der Waals surface area contributed by atoms with Crippen LogP contribution in [0.4, 0.5) is 0 Å². The molecule has 2 rings (SSSR count). The van der Waals surface area contributed by atoms with Crippen molar-refractivity contribution >= 4 is 21.9 Å². The number of likely N-dealkylation sites (N-methyl/N-ethyl adjacent to an activating group) is 1. The van der Waals surface area contributed by atoms with E-state index < -0.39 is 22.5 Å². The van der Waals surface area contributed by atoms with Crippen molar-refractivity contribution in [1.82, 2.24) is 9.21 Å². The Labute approximate surface area is 161 Å². The lowest BCUT2D eigenvalue weighted by molar-refractivity contribution is -0.152. The molecule has 0 unspecified atom stereocenters. The van der Waals surface area contributed by atoms with Crippen LogP contribution in [0.3, 0.4) is 0 Å². The second kappa shape index (κ2) is 9.85. The molecule has 0 spiro atoms. The molecule has 150 valence electrons. The average Bonchev–Trinajstić information content (AvgIpc) is 2.59. The molecule has 0 aliphatic carbocycles. The molecule has 0 aromatic heterocycles. The van der Waals surface area contributed by atoms with Gasteiger partial charge in [-0.2, -0.15) is 4.31 Å². The number of nitrogens with zero attached hydrogens (tertiary/aromatic N) is 2. The van der Waals surface area contributed by atoms with Gasteiger partial charge in [0.15, 0.2) is 6.61 Å². The number of rotatable bonds is 6. The van der Waals surface area contributed by atoms with Crippen molar-refractivity contribution in [3.05, 3.63) is 29.8 Å². The fraction of sp³-hybridized carbons (Fsp3) is 0.579. The van der Waals surface area contributed by atoms with Gasteiger partial charge < -0.3 is 9.64 Å². The second-order valence-corrected chi connectivity index (χ2v) is 8.93. The van der Waals surface area contributed by atoms with Gasteiger partial charge in [0, 0.05) is 20.1 Å². The Morgan fingerprint density at radius 2 is 1.59 bits per heavy atom. The standard InChI is InChI=1S/C19H28N2O5S/c1-16-8-10-17(11-9-16)27(24,25)20(2)14-19(23)26-15-18(22)21-12-6-4-3-5-7-13-21/h8-11H,3-7,12-15H2,1-2H3. The first-order valence-electron chi connectivity index (χ1n) is 9.27. The molecule has 1 saturated heterocycles. The summed E-state index contributed by atoms with van der Waals surface area (Å²) in [5.41, 5.74) is 0.943. The van der Waals surface area contributed by atoms with E-state index in [4.69, 9.17) is 4.74 Å². The fourth-order valence-electron chi connectivity index (χ4n) is 2.93. The maximum atomic E-state index is 12.5. The highest BCUT2D eigenvalue weighted by Crippen LogP contribution is 2.15. The maximum absolute atomic E-state index is 12.5. The highest BCUT2D eigenvalue weighted by atomic mass is 32.2. The minimum Gasteiger partial charge on any atom is -0.455 e. The van der Waals surface area contributed by atoms with Crippen molar-refractivity contribution in [3.63, 3.8) is 0 Å². The van der Waals surface area contributed by atoms with Gasteiger partial charge in [-0.15, -0.1) is 0 Å². The van der Waals surface area contributed by atoms with Crippen molar-refractivity contribution in [2.75, 3.05) is 33.3 Å². The second-order valence-electron chi connectivity index (χ2n) is 6.88. The summed E-state index contributed by atoms with van der Waals surface area (Å²) in [6, 6.07) is 6.39. The zero-order chi connectivity index (χ0) is 19.9. The molecule has 7 nitrogen and oxygen atoms in total. The number of amides is 1. The Bertz CT molecular complexity index is 738. The predicted octanol–water partition coefficient (Wildman–Crippen LogP) is 1.95. The highest BCUT2D eigenvalue weighted by Gasteiger charge is 2.24. The SMILES string of the molecule is Cc1ccc(S(=O)(=O)N(C)CC(=O)OCC(=O)N2CCCCCCC2)cc1. The molecule has 1 aliphatic rings. The van der Waals surface area contributed by atoms with Gasteiger partial charge in [-0.25, -0.2) is 8.42 Å². The molecule has 0 N–H and O–H groups in total. The summed E-state index contributed by atoms with van der Waals surface area (Å²) < 4.78 is 30.9. The molecule has 1 fully saturated rings. The van der Waals surface area contributed by atoms with E-state index in [9.17, 15) is 18.0 Å². The molecule has 1 heterocycles. The van der Waals surface area contributed by atoms with Crippen LogP contribution in [0.1, 0.15) is 37.7 Å². The number of ether oxygens (including phenoxy) is 1. The number of benzene rings is 1. The molecule has 8 heteroatoms. The normalized spacial score (nSPS) is 15.9. The average molecular weight is 397 g/mol.